The van der Waals surface area contributed by atoms with E-state index in [2.05, 4.69) is 49.3 Å². The van der Waals surface area contributed by atoms with E-state index in [1.54, 1.807) is 11.8 Å². The van der Waals surface area contributed by atoms with Crippen LogP contribution in [0.2, 0.25) is 0 Å². The maximum absolute atomic E-state index is 3.32. The molecule has 14 heavy (non-hydrogen) atoms. The Balaban J connectivity index is 2.60. The molecule has 0 radical (unpaired) electrons. The van der Waals surface area contributed by atoms with Gasteiger partial charge in [-0.3, -0.25) is 0 Å². The van der Waals surface area contributed by atoms with Gasteiger partial charge in [0.15, 0.2) is 0 Å². The minimum absolute atomic E-state index is 1.10. The first kappa shape index (κ1) is 11.2. The standard InChI is InChI=1S/C13H16S/c1-3-12(4-2)10-11-14-13-8-6-5-7-9-13/h5-9,11H,3-4H2,1-2H3. The first-order chi connectivity index (χ1) is 6.86. The van der Waals surface area contributed by atoms with Crippen molar-refractivity contribution in [3.8, 4) is 0 Å². The van der Waals surface area contributed by atoms with Gasteiger partial charge < -0.3 is 0 Å². The maximum Gasteiger partial charge on any atom is 0.0178 e. The van der Waals surface area contributed by atoms with Crippen LogP contribution in [0, 0.1) is 0 Å². The Labute approximate surface area is 90.7 Å². The molecule has 0 saturated carbocycles. The lowest BCUT2D eigenvalue weighted by molar-refractivity contribution is 0.983. The van der Waals surface area contributed by atoms with Gasteiger partial charge in [-0.2, -0.15) is 0 Å². The Morgan fingerprint density at radius 3 is 2.43 bits per heavy atom. The van der Waals surface area contributed by atoms with Crippen LogP contribution < -0.4 is 0 Å². The summed E-state index contributed by atoms with van der Waals surface area (Å²) in [5.74, 6) is 0. The Kier molecular flexibility index (Phi) is 5.21. The van der Waals surface area contributed by atoms with E-state index in [0.717, 1.165) is 12.8 Å². The molecule has 0 nitrogen and oxygen atoms in total. The molecule has 0 aliphatic carbocycles. The lowest BCUT2D eigenvalue weighted by atomic mass is 10.2. The number of hydrogen-bond acceptors (Lipinski definition) is 1. The molecule has 1 aromatic rings. The lowest BCUT2D eigenvalue weighted by Crippen LogP contribution is -1.71. The molecule has 0 amide bonds. The van der Waals surface area contributed by atoms with E-state index >= 15 is 0 Å². The van der Waals surface area contributed by atoms with Crippen molar-refractivity contribution in [2.45, 2.75) is 31.6 Å². The summed E-state index contributed by atoms with van der Waals surface area (Å²) >= 11 is 1.72. The molecular formula is C13H16S. The molecular weight excluding hydrogens is 188 g/mol. The number of thioether (sulfide) groups is 1. The van der Waals surface area contributed by atoms with Crippen molar-refractivity contribution in [1.82, 2.24) is 0 Å². The second-order valence-electron chi connectivity index (χ2n) is 3.00. The van der Waals surface area contributed by atoms with Gasteiger partial charge in [-0.25, -0.2) is 0 Å². The van der Waals surface area contributed by atoms with E-state index in [-0.39, 0.29) is 0 Å². The van der Waals surface area contributed by atoms with Crippen LogP contribution in [0.25, 0.3) is 0 Å². The molecule has 1 rings (SSSR count). The third-order valence-electron chi connectivity index (χ3n) is 2.05. The highest BCUT2D eigenvalue weighted by Gasteiger charge is 1.87. The highest BCUT2D eigenvalue weighted by Crippen LogP contribution is 2.18. The van der Waals surface area contributed by atoms with Gasteiger partial charge in [-0.1, -0.05) is 43.8 Å². The first-order valence-corrected chi connectivity index (χ1v) is 5.89. The normalized spacial score (nSPS) is 9.29. The van der Waals surface area contributed by atoms with Crippen molar-refractivity contribution >= 4 is 11.8 Å². The molecule has 0 atom stereocenters. The molecule has 0 aliphatic rings. The van der Waals surface area contributed by atoms with Gasteiger partial charge >= 0.3 is 0 Å². The van der Waals surface area contributed by atoms with Crippen LogP contribution in [0.4, 0.5) is 0 Å². The number of allylic oxidation sites excluding steroid dienone is 1. The molecule has 0 fully saturated rings. The molecule has 0 aromatic heterocycles. The van der Waals surface area contributed by atoms with Crippen molar-refractivity contribution in [1.29, 1.82) is 0 Å². The van der Waals surface area contributed by atoms with E-state index in [1.807, 2.05) is 6.07 Å². The van der Waals surface area contributed by atoms with E-state index in [0.29, 0.717) is 0 Å². The van der Waals surface area contributed by atoms with Gasteiger partial charge in [0.05, 0.1) is 0 Å². The summed E-state index contributed by atoms with van der Waals surface area (Å²) in [5.41, 5.74) is 4.71. The monoisotopic (exact) mass is 204 g/mol. The van der Waals surface area contributed by atoms with Crippen molar-refractivity contribution in [2.75, 3.05) is 0 Å². The van der Waals surface area contributed by atoms with E-state index in [1.165, 1.54) is 10.5 Å². The predicted molar refractivity (Wildman–Crippen MR) is 64.5 cm³/mol. The van der Waals surface area contributed by atoms with Crippen molar-refractivity contribution in [3.05, 3.63) is 47.0 Å². The Hall–Kier alpha value is -0.910. The zero-order valence-corrected chi connectivity index (χ0v) is 9.60. The smallest absolute Gasteiger partial charge is 0.0178 e. The maximum atomic E-state index is 3.32. The van der Waals surface area contributed by atoms with Crippen molar-refractivity contribution < 1.29 is 0 Å². The summed E-state index contributed by atoms with van der Waals surface area (Å²) in [7, 11) is 0. The number of rotatable bonds is 4. The average molecular weight is 204 g/mol. The van der Waals surface area contributed by atoms with Crippen LogP contribution in [0.5, 0.6) is 0 Å². The largest absolute Gasteiger partial charge is 0.114 e. The topological polar surface area (TPSA) is 0 Å². The van der Waals surface area contributed by atoms with Crippen molar-refractivity contribution in [3.63, 3.8) is 0 Å². The van der Waals surface area contributed by atoms with E-state index < -0.39 is 0 Å². The molecule has 0 N–H and O–H groups in total. The summed E-state index contributed by atoms with van der Waals surface area (Å²) in [6.45, 7) is 4.35. The van der Waals surface area contributed by atoms with Crippen LogP contribution >= 0.6 is 11.8 Å². The van der Waals surface area contributed by atoms with Crippen LogP contribution in [0.1, 0.15) is 26.7 Å². The summed E-state index contributed by atoms with van der Waals surface area (Å²) < 4.78 is 0. The van der Waals surface area contributed by atoms with Crippen LogP contribution in [0.3, 0.4) is 0 Å². The third-order valence-corrected chi connectivity index (χ3v) is 2.83. The van der Waals surface area contributed by atoms with Gasteiger partial charge in [0.25, 0.3) is 0 Å². The highest BCUT2D eigenvalue weighted by atomic mass is 32.2. The molecule has 0 bridgehead atoms. The lowest BCUT2D eigenvalue weighted by Gasteiger charge is -1.94. The Morgan fingerprint density at radius 2 is 1.86 bits per heavy atom. The zero-order valence-electron chi connectivity index (χ0n) is 8.79. The van der Waals surface area contributed by atoms with Crippen molar-refractivity contribution in [2.24, 2.45) is 0 Å². The number of benzene rings is 1. The molecule has 0 spiro atoms. The fraction of sp³-hybridized carbons (Fsp3) is 0.308. The fourth-order valence-electron chi connectivity index (χ4n) is 1.13. The average Bonchev–Trinajstić information content (AvgIpc) is 2.26. The molecule has 0 saturated heterocycles. The van der Waals surface area contributed by atoms with Gasteiger partial charge in [0.1, 0.15) is 0 Å². The molecule has 0 heterocycles. The second kappa shape index (κ2) is 6.53. The summed E-state index contributed by atoms with van der Waals surface area (Å²) in [5, 5.41) is 2.05. The zero-order chi connectivity index (χ0) is 10.2. The molecule has 74 valence electrons. The third kappa shape index (κ3) is 3.87. The first-order valence-electron chi connectivity index (χ1n) is 5.01. The molecule has 0 aliphatic heterocycles. The molecule has 1 heteroatoms. The summed E-state index contributed by atoms with van der Waals surface area (Å²) in [4.78, 5) is 1.27. The van der Waals surface area contributed by atoms with Crippen LogP contribution in [0.15, 0.2) is 51.9 Å². The fourth-order valence-corrected chi connectivity index (χ4v) is 1.81. The van der Waals surface area contributed by atoms with Gasteiger partial charge in [-0.05, 0) is 30.5 Å². The minimum Gasteiger partial charge on any atom is -0.114 e. The Morgan fingerprint density at radius 1 is 1.21 bits per heavy atom. The van der Waals surface area contributed by atoms with Gasteiger partial charge in [-0.15, -0.1) is 5.73 Å². The summed E-state index contributed by atoms with van der Waals surface area (Å²) in [6.07, 6.45) is 2.20. The minimum atomic E-state index is 1.10. The van der Waals surface area contributed by atoms with Crippen LogP contribution in [-0.2, 0) is 0 Å². The molecule has 1 aromatic carbocycles. The van der Waals surface area contributed by atoms with Crippen LogP contribution in [-0.4, -0.2) is 0 Å². The number of hydrogen-bond donors (Lipinski definition) is 0. The predicted octanol–water partition coefficient (Wildman–Crippen LogP) is 4.64. The summed E-state index contributed by atoms with van der Waals surface area (Å²) in [6, 6.07) is 10.4. The van der Waals surface area contributed by atoms with Gasteiger partial charge in [0.2, 0.25) is 0 Å². The highest BCUT2D eigenvalue weighted by molar-refractivity contribution is 8.02. The van der Waals surface area contributed by atoms with Gasteiger partial charge in [0, 0.05) is 10.3 Å². The molecule has 0 unspecified atom stereocenters. The van der Waals surface area contributed by atoms with E-state index in [4.69, 9.17) is 0 Å². The Bertz CT molecular complexity index is 312. The SMILES string of the molecule is CCC(=C=CSc1ccccc1)CC. The second-order valence-corrected chi connectivity index (χ2v) is 3.95. The van der Waals surface area contributed by atoms with E-state index in [9.17, 15) is 0 Å². The quantitative estimate of drug-likeness (QED) is 0.508.